The van der Waals surface area contributed by atoms with Crippen molar-refractivity contribution in [3.8, 4) is 0 Å². The SMILES string of the molecule is OC(CNC1CCCSC1)c1cccc(F)c1. The average molecular weight is 255 g/mol. The predicted molar refractivity (Wildman–Crippen MR) is 69.7 cm³/mol. The van der Waals surface area contributed by atoms with E-state index < -0.39 is 6.10 Å². The van der Waals surface area contributed by atoms with Gasteiger partial charge in [0.15, 0.2) is 0 Å². The van der Waals surface area contributed by atoms with Crippen LogP contribution in [0.25, 0.3) is 0 Å². The van der Waals surface area contributed by atoms with Gasteiger partial charge in [-0.1, -0.05) is 12.1 Å². The van der Waals surface area contributed by atoms with Crippen molar-refractivity contribution in [3.63, 3.8) is 0 Å². The maximum absolute atomic E-state index is 13.0. The molecule has 1 aromatic carbocycles. The molecule has 0 saturated carbocycles. The van der Waals surface area contributed by atoms with Gasteiger partial charge in [-0.2, -0.15) is 11.8 Å². The second kappa shape index (κ2) is 6.38. The van der Waals surface area contributed by atoms with Crippen LogP contribution in [0, 0.1) is 5.82 Å². The van der Waals surface area contributed by atoms with Gasteiger partial charge in [-0.25, -0.2) is 4.39 Å². The van der Waals surface area contributed by atoms with E-state index in [0.29, 0.717) is 18.2 Å². The Morgan fingerprint density at radius 3 is 3.12 bits per heavy atom. The normalized spacial score (nSPS) is 22.4. The van der Waals surface area contributed by atoms with E-state index in [2.05, 4.69) is 5.32 Å². The molecule has 1 aliphatic heterocycles. The molecule has 0 radical (unpaired) electrons. The molecule has 1 fully saturated rings. The molecule has 2 unspecified atom stereocenters. The molecule has 4 heteroatoms. The van der Waals surface area contributed by atoms with E-state index in [-0.39, 0.29) is 5.82 Å². The van der Waals surface area contributed by atoms with E-state index in [1.165, 1.54) is 30.7 Å². The van der Waals surface area contributed by atoms with E-state index in [4.69, 9.17) is 0 Å². The lowest BCUT2D eigenvalue weighted by molar-refractivity contribution is 0.169. The average Bonchev–Trinajstić information content (AvgIpc) is 2.37. The fraction of sp³-hybridized carbons (Fsp3) is 0.538. The summed E-state index contributed by atoms with van der Waals surface area (Å²) >= 11 is 1.95. The minimum Gasteiger partial charge on any atom is -0.387 e. The van der Waals surface area contributed by atoms with Crippen LogP contribution < -0.4 is 5.32 Å². The van der Waals surface area contributed by atoms with Crippen molar-refractivity contribution in [1.29, 1.82) is 0 Å². The number of hydrogen-bond acceptors (Lipinski definition) is 3. The smallest absolute Gasteiger partial charge is 0.123 e. The van der Waals surface area contributed by atoms with Crippen LogP contribution in [0.3, 0.4) is 0 Å². The minimum absolute atomic E-state index is 0.297. The van der Waals surface area contributed by atoms with E-state index in [1.807, 2.05) is 11.8 Å². The highest BCUT2D eigenvalue weighted by Gasteiger charge is 2.15. The number of thioether (sulfide) groups is 1. The van der Waals surface area contributed by atoms with E-state index in [1.54, 1.807) is 12.1 Å². The van der Waals surface area contributed by atoms with Crippen molar-refractivity contribution in [1.82, 2.24) is 5.32 Å². The minimum atomic E-state index is -0.627. The number of nitrogens with one attached hydrogen (secondary N) is 1. The van der Waals surface area contributed by atoms with Crippen LogP contribution in [0.4, 0.5) is 4.39 Å². The lowest BCUT2D eigenvalue weighted by Crippen LogP contribution is -2.36. The molecule has 17 heavy (non-hydrogen) atoms. The number of aliphatic hydroxyl groups is 1. The first-order valence-corrected chi connectivity index (χ1v) is 7.16. The first-order chi connectivity index (χ1) is 8.25. The largest absolute Gasteiger partial charge is 0.387 e. The number of aliphatic hydroxyl groups excluding tert-OH is 1. The first kappa shape index (κ1) is 12.9. The lowest BCUT2D eigenvalue weighted by atomic mass is 10.1. The summed E-state index contributed by atoms with van der Waals surface area (Å²) in [4.78, 5) is 0. The summed E-state index contributed by atoms with van der Waals surface area (Å²) in [6.45, 7) is 0.495. The Morgan fingerprint density at radius 2 is 2.41 bits per heavy atom. The number of benzene rings is 1. The van der Waals surface area contributed by atoms with Crippen molar-refractivity contribution in [3.05, 3.63) is 35.6 Å². The van der Waals surface area contributed by atoms with Crippen LogP contribution in [0.5, 0.6) is 0 Å². The highest BCUT2D eigenvalue weighted by Crippen LogP contribution is 2.18. The van der Waals surface area contributed by atoms with Gasteiger partial charge >= 0.3 is 0 Å². The monoisotopic (exact) mass is 255 g/mol. The number of rotatable bonds is 4. The molecular weight excluding hydrogens is 237 g/mol. The Morgan fingerprint density at radius 1 is 1.53 bits per heavy atom. The predicted octanol–water partition coefficient (Wildman–Crippen LogP) is 2.34. The van der Waals surface area contributed by atoms with Crippen LogP contribution in [0.1, 0.15) is 24.5 Å². The van der Waals surface area contributed by atoms with Gasteiger partial charge in [0.25, 0.3) is 0 Å². The van der Waals surface area contributed by atoms with Gasteiger partial charge in [0.2, 0.25) is 0 Å². The molecule has 1 heterocycles. The summed E-state index contributed by atoms with van der Waals surface area (Å²) in [5.74, 6) is 2.05. The molecule has 1 aliphatic rings. The fourth-order valence-electron chi connectivity index (χ4n) is 2.01. The molecule has 1 aromatic rings. The van der Waals surface area contributed by atoms with Crippen LogP contribution in [-0.2, 0) is 0 Å². The molecule has 2 nitrogen and oxygen atoms in total. The molecule has 1 saturated heterocycles. The maximum Gasteiger partial charge on any atom is 0.123 e. The van der Waals surface area contributed by atoms with Gasteiger partial charge < -0.3 is 10.4 Å². The van der Waals surface area contributed by atoms with Crippen molar-refractivity contribution in [2.45, 2.75) is 25.0 Å². The van der Waals surface area contributed by atoms with Gasteiger partial charge in [0.05, 0.1) is 6.10 Å². The lowest BCUT2D eigenvalue weighted by Gasteiger charge is -2.24. The summed E-state index contributed by atoms with van der Waals surface area (Å²) < 4.78 is 13.0. The molecule has 0 amide bonds. The molecule has 2 atom stereocenters. The quantitative estimate of drug-likeness (QED) is 0.866. The Balaban J connectivity index is 1.82. The molecule has 0 bridgehead atoms. The second-order valence-corrected chi connectivity index (χ2v) is 5.54. The van der Waals surface area contributed by atoms with E-state index in [9.17, 15) is 9.50 Å². The molecule has 94 valence electrons. The summed E-state index contributed by atoms with van der Waals surface area (Å²) in [5.41, 5.74) is 0.640. The van der Waals surface area contributed by atoms with E-state index >= 15 is 0 Å². The van der Waals surface area contributed by atoms with Crippen LogP contribution in [0.2, 0.25) is 0 Å². The zero-order valence-corrected chi connectivity index (χ0v) is 10.5. The van der Waals surface area contributed by atoms with Crippen molar-refractivity contribution < 1.29 is 9.50 Å². The van der Waals surface area contributed by atoms with Gasteiger partial charge in [-0.15, -0.1) is 0 Å². The Hall–Kier alpha value is -0.580. The van der Waals surface area contributed by atoms with Gasteiger partial charge in [0.1, 0.15) is 5.82 Å². The van der Waals surface area contributed by atoms with Crippen molar-refractivity contribution in [2.75, 3.05) is 18.1 Å². The topological polar surface area (TPSA) is 32.3 Å². The molecule has 2 N–H and O–H groups in total. The number of halogens is 1. The Bertz CT molecular complexity index is 355. The summed E-state index contributed by atoms with van der Waals surface area (Å²) in [6, 6.07) is 6.65. The van der Waals surface area contributed by atoms with Crippen LogP contribution in [-0.4, -0.2) is 29.2 Å². The highest BCUT2D eigenvalue weighted by atomic mass is 32.2. The van der Waals surface area contributed by atoms with Crippen molar-refractivity contribution >= 4 is 11.8 Å². The summed E-state index contributed by atoms with van der Waals surface area (Å²) in [6.07, 6.45) is 1.78. The van der Waals surface area contributed by atoms with Gasteiger partial charge in [-0.05, 0) is 36.3 Å². The third kappa shape index (κ3) is 3.98. The number of hydrogen-bond donors (Lipinski definition) is 2. The summed E-state index contributed by atoms with van der Waals surface area (Å²) in [5, 5.41) is 13.3. The fourth-order valence-corrected chi connectivity index (χ4v) is 3.12. The Labute approximate surface area is 106 Å². The summed E-state index contributed by atoms with van der Waals surface area (Å²) in [7, 11) is 0. The van der Waals surface area contributed by atoms with Crippen LogP contribution >= 0.6 is 11.8 Å². The molecular formula is C13H18FNOS. The maximum atomic E-state index is 13.0. The zero-order valence-electron chi connectivity index (χ0n) is 9.73. The van der Waals surface area contributed by atoms with Gasteiger partial charge in [-0.3, -0.25) is 0 Å². The van der Waals surface area contributed by atoms with Gasteiger partial charge in [0, 0.05) is 18.3 Å². The second-order valence-electron chi connectivity index (χ2n) is 4.39. The molecule has 0 aromatic heterocycles. The molecule has 0 spiro atoms. The zero-order chi connectivity index (χ0) is 12.1. The standard InChI is InChI=1S/C13H18FNOS/c14-11-4-1-3-10(7-11)13(16)8-15-12-5-2-6-17-9-12/h1,3-4,7,12-13,15-16H,2,5-6,8-9H2. The molecule has 0 aliphatic carbocycles. The highest BCUT2D eigenvalue weighted by molar-refractivity contribution is 7.99. The first-order valence-electron chi connectivity index (χ1n) is 6.00. The third-order valence-corrected chi connectivity index (χ3v) is 4.21. The third-order valence-electron chi connectivity index (χ3n) is 2.99. The Kier molecular flexibility index (Phi) is 4.83. The molecule has 2 rings (SSSR count). The van der Waals surface area contributed by atoms with E-state index in [0.717, 1.165) is 5.75 Å². The van der Waals surface area contributed by atoms with Crippen molar-refractivity contribution in [2.24, 2.45) is 0 Å². The van der Waals surface area contributed by atoms with Crippen LogP contribution in [0.15, 0.2) is 24.3 Å².